The molecule has 26 heavy (non-hydrogen) atoms. The average molecular weight is 352 g/mol. The molecule has 1 aromatic carbocycles. The van der Waals surface area contributed by atoms with E-state index in [1.807, 2.05) is 36.4 Å². The molecule has 0 bridgehead atoms. The number of rotatable bonds is 6. The number of amides is 1. The first kappa shape index (κ1) is 16.8. The smallest absolute Gasteiger partial charge is 0.224 e. The quantitative estimate of drug-likeness (QED) is 0.715. The van der Waals surface area contributed by atoms with Crippen molar-refractivity contribution in [2.75, 3.05) is 19.6 Å². The third-order valence-corrected chi connectivity index (χ3v) is 4.94. The van der Waals surface area contributed by atoms with Gasteiger partial charge in [-0.05, 0) is 43.7 Å². The minimum atomic E-state index is 0.0504. The number of aromatic nitrogens is 2. The van der Waals surface area contributed by atoms with Crippen molar-refractivity contribution in [3.05, 3.63) is 54.2 Å². The van der Waals surface area contributed by atoms with Crippen molar-refractivity contribution in [2.24, 2.45) is 5.92 Å². The molecular formula is C20H24N4O2. The van der Waals surface area contributed by atoms with Gasteiger partial charge in [-0.25, -0.2) is 4.98 Å². The number of H-pyrrole nitrogens is 1. The highest BCUT2D eigenvalue weighted by molar-refractivity contribution is 5.79. The number of nitrogens with one attached hydrogen (secondary N) is 2. The zero-order chi connectivity index (χ0) is 17.8. The van der Waals surface area contributed by atoms with Gasteiger partial charge in [-0.15, -0.1) is 0 Å². The molecule has 0 spiro atoms. The third-order valence-electron chi connectivity index (χ3n) is 4.94. The second kappa shape index (κ2) is 7.74. The summed E-state index contributed by atoms with van der Waals surface area (Å²) in [5.41, 5.74) is 2.00. The van der Waals surface area contributed by atoms with Gasteiger partial charge in [-0.3, -0.25) is 9.69 Å². The number of nitrogens with zero attached hydrogens (tertiary/aromatic N) is 2. The summed E-state index contributed by atoms with van der Waals surface area (Å²) >= 11 is 0. The molecule has 6 heteroatoms. The highest BCUT2D eigenvalue weighted by Gasteiger charge is 2.26. The fourth-order valence-electron chi connectivity index (χ4n) is 3.61. The van der Waals surface area contributed by atoms with Gasteiger partial charge in [0.2, 0.25) is 5.91 Å². The molecule has 6 nitrogen and oxygen atoms in total. The number of furan rings is 1. The van der Waals surface area contributed by atoms with Crippen LogP contribution in [0.15, 0.2) is 47.1 Å². The first-order valence-electron chi connectivity index (χ1n) is 9.24. The molecule has 0 aliphatic carbocycles. The first-order valence-corrected chi connectivity index (χ1v) is 9.24. The number of hydrogen-bond donors (Lipinski definition) is 2. The van der Waals surface area contributed by atoms with Gasteiger partial charge in [0.1, 0.15) is 11.6 Å². The molecule has 0 unspecified atom stereocenters. The Balaban J connectivity index is 1.26. The van der Waals surface area contributed by atoms with Gasteiger partial charge in [-0.2, -0.15) is 0 Å². The number of aromatic amines is 1. The summed E-state index contributed by atoms with van der Waals surface area (Å²) in [6.45, 7) is 3.18. The van der Waals surface area contributed by atoms with Crippen molar-refractivity contribution in [1.82, 2.24) is 20.2 Å². The summed E-state index contributed by atoms with van der Waals surface area (Å²) < 4.78 is 5.42. The van der Waals surface area contributed by atoms with E-state index in [1.54, 1.807) is 6.26 Å². The van der Waals surface area contributed by atoms with Crippen molar-refractivity contribution in [1.29, 1.82) is 0 Å². The van der Waals surface area contributed by atoms with Gasteiger partial charge in [-0.1, -0.05) is 12.1 Å². The molecule has 1 atom stereocenters. The molecule has 1 aliphatic heterocycles. The molecule has 2 N–H and O–H groups in total. The van der Waals surface area contributed by atoms with Crippen LogP contribution in [-0.4, -0.2) is 40.4 Å². The lowest BCUT2D eigenvalue weighted by atomic mass is 9.97. The molecule has 1 fully saturated rings. The summed E-state index contributed by atoms with van der Waals surface area (Å²) in [6, 6.07) is 11.9. The number of fused-ring (bicyclic) bond motifs is 1. The number of para-hydroxylation sites is 2. The van der Waals surface area contributed by atoms with Gasteiger partial charge in [0.25, 0.3) is 0 Å². The van der Waals surface area contributed by atoms with Gasteiger partial charge in [0.05, 0.1) is 29.8 Å². The maximum Gasteiger partial charge on any atom is 0.224 e. The van der Waals surface area contributed by atoms with Crippen LogP contribution in [0.25, 0.3) is 11.0 Å². The van der Waals surface area contributed by atoms with Crippen molar-refractivity contribution in [2.45, 2.75) is 25.8 Å². The molecule has 2 aromatic heterocycles. The van der Waals surface area contributed by atoms with E-state index >= 15 is 0 Å². The second-order valence-corrected chi connectivity index (χ2v) is 6.90. The SMILES string of the molecule is O=C(NCCc1nc2ccccc2[nH]1)[C@H]1CCCN(Cc2ccco2)C1. The number of hydrogen-bond acceptors (Lipinski definition) is 4. The zero-order valence-corrected chi connectivity index (χ0v) is 14.8. The maximum absolute atomic E-state index is 12.5. The molecule has 3 aromatic rings. The largest absolute Gasteiger partial charge is 0.468 e. The second-order valence-electron chi connectivity index (χ2n) is 6.90. The number of benzene rings is 1. The predicted octanol–water partition coefficient (Wildman–Crippen LogP) is 2.73. The topological polar surface area (TPSA) is 74.2 Å². The van der Waals surface area contributed by atoms with E-state index < -0.39 is 0 Å². The standard InChI is InChI=1S/C20H24N4O2/c25-20(15-5-3-11-24(13-15)14-16-6-4-12-26-16)21-10-9-19-22-17-7-1-2-8-18(17)23-19/h1-2,4,6-8,12,15H,3,5,9-11,13-14H2,(H,21,25)(H,22,23)/t15-/m0/s1. The lowest BCUT2D eigenvalue weighted by molar-refractivity contribution is -0.126. The summed E-state index contributed by atoms with van der Waals surface area (Å²) in [6.07, 6.45) is 4.40. The lowest BCUT2D eigenvalue weighted by Gasteiger charge is -2.31. The Labute approximate surface area is 152 Å². The van der Waals surface area contributed by atoms with Crippen LogP contribution in [0, 0.1) is 5.92 Å². The molecule has 1 aliphatic rings. The summed E-state index contributed by atoms with van der Waals surface area (Å²) in [5.74, 6) is 2.06. The van der Waals surface area contributed by atoms with Gasteiger partial charge in [0.15, 0.2) is 0 Å². The molecule has 0 radical (unpaired) electrons. The number of imidazole rings is 1. The zero-order valence-electron chi connectivity index (χ0n) is 14.8. The van der Waals surface area contributed by atoms with E-state index in [4.69, 9.17) is 4.42 Å². The fourth-order valence-corrected chi connectivity index (χ4v) is 3.61. The third kappa shape index (κ3) is 3.96. The number of piperidine rings is 1. The molecule has 1 saturated heterocycles. The lowest BCUT2D eigenvalue weighted by Crippen LogP contribution is -2.43. The van der Waals surface area contributed by atoms with E-state index in [1.165, 1.54) is 0 Å². The van der Waals surface area contributed by atoms with Crippen LogP contribution in [0.4, 0.5) is 0 Å². The van der Waals surface area contributed by atoms with Crippen LogP contribution in [0.1, 0.15) is 24.4 Å². The molecule has 136 valence electrons. The molecular weight excluding hydrogens is 328 g/mol. The van der Waals surface area contributed by atoms with Crippen molar-refractivity contribution in [3.8, 4) is 0 Å². The first-order chi connectivity index (χ1) is 12.8. The number of carbonyl (C=O) groups excluding carboxylic acids is 1. The Morgan fingerprint density at radius 2 is 2.23 bits per heavy atom. The number of likely N-dealkylation sites (tertiary alicyclic amines) is 1. The molecule has 4 rings (SSSR count). The van der Waals surface area contributed by atoms with E-state index in [0.29, 0.717) is 13.0 Å². The van der Waals surface area contributed by atoms with Crippen LogP contribution in [0.3, 0.4) is 0 Å². The van der Waals surface area contributed by atoms with Crippen LogP contribution < -0.4 is 5.32 Å². The Morgan fingerprint density at radius 3 is 3.08 bits per heavy atom. The van der Waals surface area contributed by atoms with E-state index in [-0.39, 0.29) is 11.8 Å². The van der Waals surface area contributed by atoms with Gasteiger partial charge in [0, 0.05) is 19.5 Å². The van der Waals surface area contributed by atoms with Gasteiger partial charge >= 0.3 is 0 Å². The predicted molar refractivity (Wildman–Crippen MR) is 99.5 cm³/mol. The van der Waals surface area contributed by atoms with Crippen LogP contribution in [-0.2, 0) is 17.8 Å². The maximum atomic E-state index is 12.5. The average Bonchev–Trinajstić information content (AvgIpc) is 3.31. The van der Waals surface area contributed by atoms with Crippen molar-refractivity contribution in [3.63, 3.8) is 0 Å². The van der Waals surface area contributed by atoms with Crippen LogP contribution in [0.2, 0.25) is 0 Å². The highest BCUT2D eigenvalue weighted by Crippen LogP contribution is 2.19. The summed E-state index contributed by atoms with van der Waals surface area (Å²) in [5, 5.41) is 3.08. The van der Waals surface area contributed by atoms with Crippen molar-refractivity contribution < 1.29 is 9.21 Å². The van der Waals surface area contributed by atoms with E-state index in [9.17, 15) is 4.79 Å². The normalized spacial score (nSPS) is 18.2. The fraction of sp³-hybridized carbons (Fsp3) is 0.400. The highest BCUT2D eigenvalue weighted by atomic mass is 16.3. The Kier molecular flexibility index (Phi) is 5.02. The molecule has 3 heterocycles. The van der Waals surface area contributed by atoms with Crippen LogP contribution >= 0.6 is 0 Å². The Bertz CT molecular complexity index is 823. The molecule has 1 amide bonds. The van der Waals surface area contributed by atoms with Crippen molar-refractivity contribution >= 4 is 16.9 Å². The monoisotopic (exact) mass is 352 g/mol. The number of carbonyl (C=O) groups is 1. The van der Waals surface area contributed by atoms with E-state index in [0.717, 1.165) is 55.1 Å². The minimum absolute atomic E-state index is 0.0504. The minimum Gasteiger partial charge on any atom is -0.468 e. The molecule has 0 saturated carbocycles. The van der Waals surface area contributed by atoms with E-state index in [2.05, 4.69) is 20.2 Å². The van der Waals surface area contributed by atoms with Gasteiger partial charge < -0.3 is 14.7 Å². The Hall–Kier alpha value is -2.60. The summed E-state index contributed by atoms with van der Waals surface area (Å²) in [4.78, 5) is 22.7. The Morgan fingerprint density at radius 1 is 1.31 bits per heavy atom. The summed E-state index contributed by atoms with van der Waals surface area (Å²) in [7, 11) is 0. The van der Waals surface area contributed by atoms with Crippen LogP contribution in [0.5, 0.6) is 0 Å².